The quantitative estimate of drug-likeness (QED) is 0.715. The fourth-order valence-corrected chi connectivity index (χ4v) is 2.35. The molecule has 0 saturated carbocycles. The number of aromatic nitrogens is 1. The number of pyridine rings is 1. The maximum atomic E-state index is 11.6. The number of rotatable bonds is 5. The van der Waals surface area contributed by atoms with E-state index < -0.39 is 6.09 Å². The van der Waals surface area contributed by atoms with Gasteiger partial charge in [-0.25, -0.2) is 14.6 Å². The number of anilines is 1. The first-order valence-corrected chi connectivity index (χ1v) is 7.89. The van der Waals surface area contributed by atoms with Crippen LogP contribution in [0.2, 0.25) is 5.02 Å². The summed E-state index contributed by atoms with van der Waals surface area (Å²) >= 11 is 6.24. The smallest absolute Gasteiger partial charge is 0.408 e. The number of hydrogen-bond donors (Lipinski definition) is 3. The number of carbonyl (C=O) groups is 2. The van der Waals surface area contributed by atoms with Crippen LogP contribution >= 0.6 is 11.6 Å². The monoisotopic (exact) mass is 360 g/mol. The Morgan fingerprint density at radius 1 is 1.32 bits per heavy atom. The number of alkyl carbamates (subject to hydrolysis) is 1. The maximum absolute atomic E-state index is 11.6. The van der Waals surface area contributed by atoms with Gasteiger partial charge in [-0.15, -0.1) is 6.42 Å². The van der Waals surface area contributed by atoms with Crippen LogP contribution in [0.1, 0.15) is 12.5 Å². The van der Waals surface area contributed by atoms with E-state index in [0.717, 1.165) is 10.9 Å². The Morgan fingerprint density at radius 2 is 2.12 bits per heavy atom. The third-order valence-corrected chi connectivity index (χ3v) is 3.56. The Hall–Kier alpha value is -2.98. The lowest BCUT2D eigenvalue weighted by molar-refractivity contribution is 0.159. The van der Waals surface area contributed by atoms with Crippen LogP contribution in [-0.2, 0) is 11.3 Å². The number of carbonyl (C=O) groups excluding carboxylic acids is 2. The van der Waals surface area contributed by atoms with Crippen molar-refractivity contribution >= 4 is 40.3 Å². The fourth-order valence-electron chi connectivity index (χ4n) is 2.13. The molecule has 0 aliphatic rings. The minimum Gasteiger partial charge on any atom is -0.436 e. The lowest BCUT2D eigenvalue weighted by Crippen LogP contribution is -2.28. The highest BCUT2D eigenvalue weighted by molar-refractivity contribution is 6.35. The van der Waals surface area contributed by atoms with E-state index in [0.29, 0.717) is 22.8 Å². The van der Waals surface area contributed by atoms with Gasteiger partial charge in [0, 0.05) is 35.1 Å². The number of benzene rings is 1. The van der Waals surface area contributed by atoms with Crippen molar-refractivity contribution in [1.82, 2.24) is 15.6 Å². The molecule has 3 N–H and O–H groups in total. The maximum Gasteiger partial charge on any atom is 0.408 e. The van der Waals surface area contributed by atoms with Gasteiger partial charge < -0.3 is 15.4 Å². The van der Waals surface area contributed by atoms with Gasteiger partial charge in [0.05, 0.1) is 0 Å². The molecule has 0 unspecified atom stereocenters. The Bertz CT molecular complexity index is 832. The first kappa shape index (κ1) is 18.4. The van der Waals surface area contributed by atoms with Crippen LogP contribution in [0.5, 0.6) is 0 Å². The highest BCUT2D eigenvalue weighted by Crippen LogP contribution is 2.28. The van der Waals surface area contributed by atoms with Crippen LogP contribution < -0.4 is 16.0 Å². The largest absolute Gasteiger partial charge is 0.436 e. The Balaban J connectivity index is 2.20. The molecule has 3 amide bonds. The molecule has 1 aromatic heterocycles. The second-order valence-electron chi connectivity index (χ2n) is 4.94. The molecular formula is C17H17ClN4O3. The van der Waals surface area contributed by atoms with Gasteiger partial charge in [0.25, 0.3) is 0 Å². The summed E-state index contributed by atoms with van der Waals surface area (Å²) in [5, 5.41) is 9.82. The number of nitrogens with one attached hydrogen (secondary N) is 3. The zero-order chi connectivity index (χ0) is 18.2. The summed E-state index contributed by atoms with van der Waals surface area (Å²) in [5.74, 6) is 2.59. The number of fused-ring (bicyclic) bond motifs is 1. The van der Waals surface area contributed by atoms with Crippen molar-refractivity contribution in [2.75, 3.05) is 18.5 Å². The summed E-state index contributed by atoms with van der Waals surface area (Å²) in [6.45, 7) is 2.45. The third-order valence-electron chi connectivity index (χ3n) is 3.23. The number of terminal acetylenes is 1. The van der Waals surface area contributed by atoms with E-state index in [9.17, 15) is 9.59 Å². The molecular weight excluding hydrogens is 344 g/mol. The van der Waals surface area contributed by atoms with E-state index in [1.807, 2.05) is 6.92 Å². The molecule has 0 spiro atoms. The van der Waals surface area contributed by atoms with Gasteiger partial charge in [0.1, 0.15) is 5.82 Å². The summed E-state index contributed by atoms with van der Waals surface area (Å²) in [4.78, 5) is 27.3. The average molecular weight is 361 g/mol. The normalized spacial score (nSPS) is 9.96. The zero-order valence-corrected chi connectivity index (χ0v) is 14.3. The third kappa shape index (κ3) is 4.99. The standard InChI is InChI=1S/C17H17ClN4O3/c1-3-7-25-17(24)21-9-11-5-6-14(18)12-8-15(20-10-13(11)12)22-16(23)19-4-2/h1,5-6,8,10H,4,7,9H2,2H3,(H,21,24)(H2,19,20,22,23). The molecule has 2 rings (SSSR count). The number of ether oxygens (including phenoxy) is 1. The highest BCUT2D eigenvalue weighted by Gasteiger charge is 2.10. The summed E-state index contributed by atoms with van der Waals surface area (Å²) in [6.07, 6.45) is 6.01. The van der Waals surface area contributed by atoms with Gasteiger partial charge >= 0.3 is 12.1 Å². The van der Waals surface area contributed by atoms with Crippen molar-refractivity contribution in [3.05, 3.63) is 35.0 Å². The molecule has 1 aromatic carbocycles. The van der Waals surface area contributed by atoms with Crippen molar-refractivity contribution < 1.29 is 14.3 Å². The predicted molar refractivity (Wildman–Crippen MR) is 96.5 cm³/mol. The first-order valence-electron chi connectivity index (χ1n) is 7.51. The number of nitrogens with zero attached hydrogens (tertiary/aromatic N) is 1. The molecule has 2 aromatic rings. The number of hydrogen-bond acceptors (Lipinski definition) is 4. The second-order valence-corrected chi connectivity index (χ2v) is 5.35. The molecule has 25 heavy (non-hydrogen) atoms. The SMILES string of the molecule is C#CCOC(=O)NCc1ccc(Cl)c2cc(NC(=O)NCC)ncc12. The molecule has 1 heterocycles. The van der Waals surface area contributed by atoms with Crippen molar-refractivity contribution in [2.45, 2.75) is 13.5 Å². The molecule has 8 heteroatoms. The second kappa shape index (κ2) is 8.76. The van der Waals surface area contributed by atoms with Crippen molar-refractivity contribution in [3.8, 4) is 12.3 Å². The summed E-state index contributed by atoms with van der Waals surface area (Å²) in [6, 6.07) is 4.82. The molecule has 0 atom stereocenters. The Morgan fingerprint density at radius 3 is 2.84 bits per heavy atom. The summed E-state index contributed by atoms with van der Waals surface area (Å²) in [5.41, 5.74) is 0.800. The topological polar surface area (TPSA) is 92.4 Å². The number of urea groups is 1. The number of amides is 3. The minimum atomic E-state index is -0.608. The Kier molecular flexibility index (Phi) is 6.43. The van der Waals surface area contributed by atoms with E-state index >= 15 is 0 Å². The van der Waals surface area contributed by atoms with E-state index in [1.165, 1.54) is 0 Å². The van der Waals surface area contributed by atoms with Gasteiger partial charge in [0.15, 0.2) is 6.61 Å². The van der Waals surface area contributed by atoms with E-state index in [1.54, 1.807) is 24.4 Å². The molecule has 0 radical (unpaired) electrons. The fraction of sp³-hybridized carbons (Fsp3) is 0.235. The first-order chi connectivity index (χ1) is 12.0. The van der Waals surface area contributed by atoms with Crippen molar-refractivity contribution in [2.24, 2.45) is 0 Å². The molecule has 0 bridgehead atoms. The van der Waals surface area contributed by atoms with E-state index in [-0.39, 0.29) is 19.2 Å². The van der Waals surface area contributed by atoms with Crippen LogP contribution in [0.3, 0.4) is 0 Å². The average Bonchev–Trinajstić information content (AvgIpc) is 2.60. The van der Waals surface area contributed by atoms with Gasteiger partial charge in [-0.3, -0.25) is 5.32 Å². The van der Waals surface area contributed by atoms with Crippen molar-refractivity contribution in [3.63, 3.8) is 0 Å². The van der Waals surface area contributed by atoms with E-state index in [4.69, 9.17) is 22.8 Å². The van der Waals surface area contributed by atoms with E-state index in [2.05, 4.69) is 26.9 Å². The lowest BCUT2D eigenvalue weighted by Gasteiger charge is -2.11. The van der Waals surface area contributed by atoms with Gasteiger partial charge in [-0.1, -0.05) is 23.6 Å². The Labute approximate surface area is 150 Å². The van der Waals surface area contributed by atoms with Gasteiger partial charge in [-0.05, 0) is 24.6 Å². The molecule has 0 fully saturated rings. The lowest BCUT2D eigenvalue weighted by atomic mass is 10.1. The van der Waals surface area contributed by atoms with Crippen LogP contribution in [0.25, 0.3) is 10.8 Å². The number of halogens is 1. The summed E-state index contributed by atoms with van der Waals surface area (Å²) < 4.78 is 4.75. The van der Waals surface area contributed by atoms with Gasteiger partial charge in [-0.2, -0.15) is 0 Å². The molecule has 7 nitrogen and oxygen atoms in total. The van der Waals surface area contributed by atoms with Crippen LogP contribution in [0.4, 0.5) is 15.4 Å². The summed E-state index contributed by atoms with van der Waals surface area (Å²) in [7, 11) is 0. The minimum absolute atomic E-state index is 0.0936. The zero-order valence-electron chi connectivity index (χ0n) is 13.6. The van der Waals surface area contributed by atoms with Crippen LogP contribution in [0, 0.1) is 12.3 Å². The predicted octanol–water partition coefficient (Wildman–Crippen LogP) is 2.89. The molecule has 0 aliphatic carbocycles. The molecule has 130 valence electrons. The molecule has 0 aliphatic heterocycles. The van der Waals surface area contributed by atoms with Crippen LogP contribution in [-0.4, -0.2) is 30.3 Å². The van der Waals surface area contributed by atoms with Gasteiger partial charge in [0.2, 0.25) is 0 Å². The highest BCUT2D eigenvalue weighted by atomic mass is 35.5. The van der Waals surface area contributed by atoms with Crippen LogP contribution in [0.15, 0.2) is 24.4 Å². The van der Waals surface area contributed by atoms with Crippen molar-refractivity contribution in [1.29, 1.82) is 0 Å². The molecule has 0 saturated heterocycles.